The topological polar surface area (TPSA) is 57.6 Å². The fraction of sp³-hybridized carbons (Fsp3) is 0.500. The Hall–Kier alpha value is -1.84. The van der Waals surface area contributed by atoms with Crippen molar-refractivity contribution >= 4 is 11.9 Å². The molecule has 0 aromatic heterocycles. The van der Waals surface area contributed by atoms with Gasteiger partial charge >= 0.3 is 5.97 Å². The van der Waals surface area contributed by atoms with Gasteiger partial charge in [0.2, 0.25) is 0 Å². The van der Waals surface area contributed by atoms with Crippen LogP contribution in [-0.2, 0) is 4.79 Å². The molecule has 20 heavy (non-hydrogen) atoms. The number of hydrogen-bond donors (Lipinski definition) is 1. The number of benzene rings is 1. The molecular formula is C16H21NO3. The van der Waals surface area contributed by atoms with Gasteiger partial charge in [-0.25, -0.2) is 4.79 Å². The first-order chi connectivity index (χ1) is 9.40. The Morgan fingerprint density at radius 2 is 1.80 bits per heavy atom. The van der Waals surface area contributed by atoms with Crippen LogP contribution in [0.3, 0.4) is 0 Å². The van der Waals surface area contributed by atoms with E-state index in [1.807, 2.05) is 39.0 Å². The Kier molecular flexibility index (Phi) is 4.12. The van der Waals surface area contributed by atoms with Crippen LogP contribution in [0, 0.1) is 19.8 Å². The van der Waals surface area contributed by atoms with E-state index in [1.54, 1.807) is 0 Å². The van der Waals surface area contributed by atoms with Gasteiger partial charge in [0.15, 0.2) is 0 Å². The molecule has 2 unspecified atom stereocenters. The van der Waals surface area contributed by atoms with Crippen LogP contribution in [0.5, 0.6) is 0 Å². The number of aliphatic carboxylic acids is 1. The molecule has 1 amide bonds. The number of likely N-dealkylation sites (tertiary alicyclic amines) is 1. The van der Waals surface area contributed by atoms with Crippen LogP contribution in [0.1, 0.15) is 41.3 Å². The molecule has 0 aliphatic carbocycles. The van der Waals surface area contributed by atoms with Gasteiger partial charge in [0.25, 0.3) is 5.91 Å². The van der Waals surface area contributed by atoms with Crippen LogP contribution in [0.15, 0.2) is 18.2 Å². The minimum Gasteiger partial charge on any atom is -0.480 e. The molecule has 4 nitrogen and oxygen atoms in total. The molecule has 0 spiro atoms. The quantitative estimate of drug-likeness (QED) is 0.902. The Labute approximate surface area is 119 Å². The molecule has 0 radical (unpaired) electrons. The van der Waals surface area contributed by atoms with Gasteiger partial charge in [0.05, 0.1) is 0 Å². The number of carbonyl (C=O) groups excluding carboxylic acids is 1. The average molecular weight is 275 g/mol. The lowest BCUT2D eigenvalue weighted by molar-refractivity contribution is -0.145. The highest BCUT2D eigenvalue weighted by atomic mass is 16.4. The summed E-state index contributed by atoms with van der Waals surface area (Å²) in [5.74, 6) is -1.08. The van der Waals surface area contributed by atoms with Crippen molar-refractivity contribution < 1.29 is 14.7 Å². The average Bonchev–Trinajstić information content (AvgIpc) is 2.35. The number of rotatable bonds is 2. The Morgan fingerprint density at radius 1 is 1.20 bits per heavy atom. The third-order valence-corrected chi connectivity index (χ3v) is 3.92. The maximum Gasteiger partial charge on any atom is 0.326 e. The van der Waals surface area contributed by atoms with Crippen molar-refractivity contribution in [3.05, 3.63) is 34.9 Å². The number of piperidine rings is 1. The summed E-state index contributed by atoms with van der Waals surface area (Å²) in [7, 11) is 0. The predicted molar refractivity (Wildman–Crippen MR) is 76.8 cm³/mol. The zero-order valence-electron chi connectivity index (χ0n) is 12.2. The number of carboxylic acid groups (broad SMARTS) is 1. The zero-order chi connectivity index (χ0) is 14.9. The van der Waals surface area contributed by atoms with E-state index in [0.29, 0.717) is 12.1 Å². The second-order valence-electron chi connectivity index (χ2n) is 5.78. The highest BCUT2D eigenvalue weighted by Crippen LogP contribution is 2.25. The molecule has 108 valence electrons. The molecule has 4 heteroatoms. The molecule has 1 heterocycles. The first-order valence-electron chi connectivity index (χ1n) is 7.02. The van der Waals surface area contributed by atoms with Gasteiger partial charge in [-0.05, 0) is 44.7 Å². The van der Waals surface area contributed by atoms with Crippen molar-refractivity contribution in [2.45, 2.75) is 39.7 Å². The van der Waals surface area contributed by atoms with Gasteiger partial charge in [-0.1, -0.05) is 24.1 Å². The standard InChI is InChI=1S/C16H21NO3/c1-10-7-11(2)9-13(8-10)15(18)17-6-4-5-12(3)14(17)16(19)20/h7-9,12,14H,4-6H2,1-3H3,(H,19,20). The normalized spacial score (nSPS) is 22.6. The smallest absolute Gasteiger partial charge is 0.326 e. The number of hydrogen-bond acceptors (Lipinski definition) is 2. The van der Waals surface area contributed by atoms with Crippen molar-refractivity contribution in [1.82, 2.24) is 4.90 Å². The largest absolute Gasteiger partial charge is 0.480 e. The van der Waals surface area contributed by atoms with Crippen LogP contribution < -0.4 is 0 Å². The molecule has 1 aliphatic heterocycles. The lowest BCUT2D eigenvalue weighted by Crippen LogP contribution is -2.51. The maximum atomic E-state index is 12.6. The summed E-state index contributed by atoms with van der Waals surface area (Å²) in [6, 6.07) is 4.95. The minimum absolute atomic E-state index is 0.00361. The van der Waals surface area contributed by atoms with E-state index in [2.05, 4.69) is 0 Å². The summed E-state index contributed by atoms with van der Waals surface area (Å²) in [6.07, 6.45) is 1.72. The molecule has 1 aromatic rings. The highest BCUT2D eigenvalue weighted by molar-refractivity contribution is 5.97. The second kappa shape index (κ2) is 5.65. The van der Waals surface area contributed by atoms with Gasteiger partial charge in [0.1, 0.15) is 6.04 Å². The third-order valence-electron chi connectivity index (χ3n) is 3.92. The number of carbonyl (C=O) groups is 2. The van der Waals surface area contributed by atoms with E-state index in [-0.39, 0.29) is 11.8 Å². The molecule has 1 N–H and O–H groups in total. The van der Waals surface area contributed by atoms with Crippen LogP contribution in [0.25, 0.3) is 0 Å². The predicted octanol–water partition coefficient (Wildman–Crippen LogP) is 2.63. The number of carboxylic acids is 1. The molecule has 2 rings (SSSR count). The highest BCUT2D eigenvalue weighted by Gasteiger charge is 2.37. The molecular weight excluding hydrogens is 254 g/mol. The van der Waals surface area contributed by atoms with Crippen LogP contribution in [0.2, 0.25) is 0 Å². The van der Waals surface area contributed by atoms with Gasteiger partial charge in [0, 0.05) is 12.1 Å². The fourth-order valence-corrected chi connectivity index (χ4v) is 3.06. The second-order valence-corrected chi connectivity index (χ2v) is 5.78. The Bertz CT molecular complexity index is 518. The third kappa shape index (κ3) is 2.84. The van der Waals surface area contributed by atoms with Gasteiger partial charge in [-0.3, -0.25) is 4.79 Å². The van der Waals surface area contributed by atoms with E-state index in [9.17, 15) is 14.7 Å². The van der Waals surface area contributed by atoms with Crippen LogP contribution in [0.4, 0.5) is 0 Å². The van der Waals surface area contributed by atoms with Crippen molar-refractivity contribution in [1.29, 1.82) is 0 Å². The molecule has 0 saturated carbocycles. The minimum atomic E-state index is -0.907. The lowest BCUT2D eigenvalue weighted by atomic mass is 9.90. The van der Waals surface area contributed by atoms with E-state index in [1.165, 1.54) is 4.90 Å². The summed E-state index contributed by atoms with van der Waals surface area (Å²) in [5.41, 5.74) is 2.62. The van der Waals surface area contributed by atoms with Gasteiger partial charge < -0.3 is 10.0 Å². The first-order valence-corrected chi connectivity index (χ1v) is 7.02. The first kappa shape index (κ1) is 14.6. The molecule has 1 aliphatic rings. The molecule has 1 saturated heterocycles. The summed E-state index contributed by atoms with van der Waals surface area (Å²) >= 11 is 0. The molecule has 1 fully saturated rings. The fourth-order valence-electron chi connectivity index (χ4n) is 3.06. The molecule has 2 atom stereocenters. The monoisotopic (exact) mass is 275 g/mol. The van der Waals surface area contributed by atoms with Gasteiger partial charge in [-0.15, -0.1) is 0 Å². The Morgan fingerprint density at radius 3 is 2.35 bits per heavy atom. The van der Waals surface area contributed by atoms with Crippen molar-refractivity contribution in [2.24, 2.45) is 5.92 Å². The van der Waals surface area contributed by atoms with E-state index in [0.717, 1.165) is 24.0 Å². The van der Waals surface area contributed by atoms with Gasteiger partial charge in [-0.2, -0.15) is 0 Å². The van der Waals surface area contributed by atoms with Crippen molar-refractivity contribution in [3.8, 4) is 0 Å². The Balaban J connectivity index is 2.32. The van der Waals surface area contributed by atoms with Crippen molar-refractivity contribution in [2.75, 3.05) is 6.54 Å². The van der Waals surface area contributed by atoms with E-state index in [4.69, 9.17) is 0 Å². The lowest BCUT2D eigenvalue weighted by Gasteiger charge is -2.37. The number of nitrogens with zero attached hydrogens (tertiary/aromatic N) is 1. The van der Waals surface area contributed by atoms with Crippen LogP contribution >= 0.6 is 0 Å². The van der Waals surface area contributed by atoms with Crippen LogP contribution in [-0.4, -0.2) is 34.5 Å². The van der Waals surface area contributed by atoms with E-state index < -0.39 is 12.0 Å². The summed E-state index contributed by atoms with van der Waals surface area (Å²) in [6.45, 7) is 6.31. The SMILES string of the molecule is Cc1cc(C)cc(C(=O)N2CCCC(C)C2C(=O)O)c1. The maximum absolute atomic E-state index is 12.6. The molecule has 1 aromatic carbocycles. The summed E-state index contributed by atoms with van der Waals surface area (Å²) in [4.78, 5) is 25.6. The summed E-state index contributed by atoms with van der Waals surface area (Å²) < 4.78 is 0. The van der Waals surface area contributed by atoms with Crippen molar-refractivity contribution in [3.63, 3.8) is 0 Å². The number of aryl methyl sites for hydroxylation is 2. The summed E-state index contributed by atoms with van der Waals surface area (Å²) in [5, 5.41) is 9.39. The van der Waals surface area contributed by atoms with E-state index >= 15 is 0 Å². The molecule has 0 bridgehead atoms. The zero-order valence-corrected chi connectivity index (χ0v) is 12.2. The number of amides is 1.